The van der Waals surface area contributed by atoms with Gasteiger partial charge in [-0.1, -0.05) is 6.42 Å². The Balaban J connectivity index is 2.09. The van der Waals surface area contributed by atoms with Crippen molar-refractivity contribution in [2.24, 2.45) is 5.14 Å². The zero-order valence-electron chi connectivity index (χ0n) is 11.5. The molecule has 1 aliphatic carbocycles. The Labute approximate surface area is 124 Å². The number of sulfonamides is 1. The van der Waals surface area contributed by atoms with Crippen LogP contribution in [-0.2, 0) is 10.0 Å². The van der Waals surface area contributed by atoms with Crippen molar-refractivity contribution < 1.29 is 8.42 Å². The lowest BCUT2D eigenvalue weighted by molar-refractivity contribution is 0.473. The van der Waals surface area contributed by atoms with Crippen LogP contribution in [-0.4, -0.2) is 26.0 Å². The number of nitrogens with one attached hydrogen (secondary N) is 1. The van der Waals surface area contributed by atoms with Gasteiger partial charge in [-0.25, -0.2) is 13.6 Å². The third kappa shape index (κ3) is 3.80. The molecule has 0 spiro atoms. The maximum absolute atomic E-state index is 11.3. The van der Waals surface area contributed by atoms with Crippen molar-refractivity contribution in [3.63, 3.8) is 0 Å². The lowest BCUT2D eigenvalue weighted by atomic mass is 9.95. The van der Waals surface area contributed by atoms with Gasteiger partial charge in [-0.05, 0) is 43.7 Å². The minimum absolute atomic E-state index is 0.0197. The van der Waals surface area contributed by atoms with Gasteiger partial charge in [-0.15, -0.1) is 0 Å². The van der Waals surface area contributed by atoms with Crippen LogP contribution in [0, 0.1) is 0 Å². The highest BCUT2D eigenvalue weighted by Crippen LogP contribution is 2.30. The number of benzene rings is 1. The van der Waals surface area contributed by atoms with Gasteiger partial charge in [0.1, 0.15) is 4.90 Å². The van der Waals surface area contributed by atoms with Gasteiger partial charge in [0, 0.05) is 17.0 Å². The number of hydrogen-bond donors (Lipinski definition) is 3. The summed E-state index contributed by atoms with van der Waals surface area (Å²) in [7, 11) is -3.75. The summed E-state index contributed by atoms with van der Waals surface area (Å²) in [6, 6.07) is 5.24. The fraction of sp³-hybridized carbons (Fsp3) is 0.538. The SMILES string of the molecule is CSC1CCCC(Nc2ccc(S(N)(=O)=O)c(N)c2)C1. The zero-order valence-corrected chi connectivity index (χ0v) is 13.1. The summed E-state index contributed by atoms with van der Waals surface area (Å²) in [4.78, 5) is -0.0197. The summed E-state index contributed by atoms with van der Waals surface area (Å²) in [6.45, 7) is 0. The van der Waals surface area contributed by atoms with Gasteiger partial charge in [0.15, 0.2) is 0 Å². The van der Waals surface area contributed by atoms with Crippen LogP contribution in [0.3, 0.4) is 0 Å². The van der Waals surface area contributed by atoms with Crippen molar-refractivity contribution in [2.45, 2.75) is 41.9 Å². The number of hydrogen-bond acceptors (Lipinski definition) is 5. The summed E-state index contributed by atoms with van der Waals surface area (Å²) in [5, 5.41) is 9.23. The molecular weight excluding hydrogens is 294 g/mol. The average Bonchev–Trinajstić information content (AvgIpc) is 2.37. The van der Waals surface area contributed by atoms with Gasteiger partial charge < -0.3 is 11.1 Å². The molecule has 0 amide bonds. The molecule has 2 unspecified atom stereocenters. The normalized spacial score (nSPS) is 23.5. The van der Waals surface area contributed by atoms with Gasteiger partial charge in [-0.2, -0.15) is 11.8 Å². The highest BCUT2D eigenvalue weighted by atomic mass is 32.2. The summed E-state index contributed by atoms with van der Waals surface area (Å²) in [5.74, 6) is 0. The Kier molecular flexibility index (Phi) is 4.82. The van der Waals surface area contributed by atoms with Gasteiger partial charge in [0.25, 0.3) is 0 Å². The zero-order chi connectivity index (χ0) is 14.8. The molecule has 7 heteroatoms. The molecule has 1 fully saturated rings. The first kappa shape index (κ1) is 15.5. The average molecular weight is 315 g/mol. The van der Waals surface area contributed by atoms with E-state index in [-0.39, 0.29) is 10.6 Å². The monoisotopic (exact) mass is 315 g/mol. The second-order valence-electron chi connectivity index (χ2n) is 5.16. The summed E-state index contributed by atoms with van der Waals surface area (Å²) >= 11 is 1.91. The Hall–Kier alpha value is -0.920. The maximum atomic E-state index is 11.3. The van der Waals surface area contributed by atoms with Crippen LogP contribution in [0.5, 0.6) is 0 Å². The molecule has 0 saturated heterocycles. The molecule has 0 heterocycles. The van der Waals surface area contributed by atoms with Crippen molar-refractivity contribution in [1.29, 1.82) is 0 Å². The molecule has 5 N–H and O–H groups in total. The molecule has 112 valence electrons. The van der Waals surface area contributed by atoms with E-state index in [9.17, 15) is 8.42 Å². The number of nitrogen functional groups attached to an aromatic ring is 1. The van der Waals surface area contributed by atoms with Crippen molar-refractivity contribution >= 4 is 33.2 Å². The van der Waals surface area contributed by atoms with E-state index in [1.807, 2.05) is 11.8 Å². The molecule has 2 atom stereocenters. The van der Waals surface area contributed by atoms with Crippen LogP contribution in [0.2, 0.25) is 0 Å². The number of primary sulfonamides is 1. The van der Waals surface area contributed by atoms with Crippen LogP contribution >= 0.6 is 11.8 Å². The van der Waals surface area contributed by atoms with E-state index in [4.69, 9.17) is 10.9 Å². The Morgan fingerprint density at radius 1 is 1.35 bits per heavy atom. The molecule has 1 aromatic carbocycles. The van der Waals surface area contributed by atoms with Gasteiger partial charge >= 0.3 is 0 Å². The van der Waals surface area contributed by atoms with Gasteiger partial charge in [-0.3, -0.25) is 0 Å². The first-order valence-electron chi connectivity index (χ1n) is 6.62. The largest absolute Gasteiger partial charge is 0.398 e. The number of thioether (sulfide) groups is 1. The number of nitrogens with two attached hydrogens (primary N) is 2. The second kappa shape index (κ2) is 6.24. The third-order valence-corrected chi connectivity index (χ3v) is 5.73. The summed E-state index contributed by atoms with van der Waals surface area (Å²) in [6.07, 6.45) is 6.89. The quantitative estimate of drug-likeness (QED) is 0.738. The van der Waals surface area contributed by atoms with Crippen molar-refractivity contribution in [1.82, 2.24) is 0 Å². The standard InChI is InChI=1S/C13H21N3O2S2/c1-19-11-4-2-3-9(7-11)16-10-5-6-13(12(14)8-10)20(15,17)18/h5-6,8-9,11,16H,2-4,7,14H2,1H3,(H2,15,17,18). The topological polar surface area (TPSA) is 98.2 Å². The summed E-state index contributed by atoms with van der Waals surface area (Å²) < 4.78 is 22.6. The second-order valence-corrected chi connectivity index (χ2v) is 7.83. The predicted molar refractivity (Wildman–Crippen MR) is 85.4 cm³/mol. The van der Waals surface area contributed by atoms with Gasteiger partial charge in [0.2, 0.25) is 10.0 Å². The minimum atomic E-state index is -3.75. The van der Waals surface area contributed by atoms with Crippen LogP contribution in [0.15, 0.2) is 23.1 Å². The molecule has 1 aliphatic rings. The van der Waals surface area contributed by atoms with Crippen molar-refractivity contribution in [3.05, 3.63) is 18.2 Å². The molecule has 0 aliphatic heterocycles. The molecule has 0 aromatic heterocycles. The van der Waals surface area contributed by atoms with E-state index >= 15 is 0 Å². The van der Waals surface area contributed by atoms with Crippen LogP contribution < -0.4 is 16.2 Å². The first-order chi connectivity index (χ1) is 9.40. The number of rotatable bonds is 4. The highest BCUT2D eigenvalue weighted by Gasteiger charge is 2.21. The maximum Gasteiger partial charge on any atom is 0.240 e. The molecule has 1 saturated carbocycles. The highest BCUT2D eigenvalue weighted by molar-refractivity contribution is 7.99. The first-order valence-corrected chi connectivity index (χ1v) is 9.45. The third-order valence-electron chi connectivity index (χ3n) is 3.65. The van der Waals surface area contributed by atoms with E-state index in [1.54, 1.807) is 12.1 Å². The van der Waals surface area contributed by atoms with E-state index < -0.39 is 10.0 Å². The Bertz CT molecular complexity index is 575. The molecule has 20 heavy (non-hydrogen) atoms. The Morgan fingerprint density at radius 2 is 2.10 bits per heavy atom. The van der Waals surface area contributed by atoms with E-state index in [1.165, 1.54) is 18.9 Å². The van der Waals surface area contributed by atoms with E-state index in [2.05, 4.69) is 11.6 Å². The van der Waals surface area contributed by atoms with Crippen LogP contribution in [0.25, 0.3) is 0 Å². The van der Waals surface area contributed by atoms with Crippen molar-refractivity contribution in [2.75, 3.05) is 17.3 Å². The fourth-order valence-electron chi connectivity index (χ4n) is 2.62. The minimum Gasteiger partial charge on any atom is -0.398 e. The van der Waals surface area contributed by atoms with Crippen LogP contribution in [0.1, 0.15) is 25.7 Å². The lowest BCUT2D eigenvalue weighted by Crippen LogP contribution is -2.28. The molecule has 0 radical (unpaired) electrons. The number of anilines is 2. The molecule has 0 bridgehead atoms. The predicted octanol–water partition coefficient (Wildman–Crippen LogP) is 2.00. The molecule has 2 rings (SSSR count). The van der Waals surface area contributed by atoms with Crippen LogP contribution in [0.4, 0.5) is 11.4 Å². The summed E-state index contributed by atoms with van der Waals surface area (Å²) in [5.41, 5.74) is 6.80. The van der Waals surface area contributed by atoms with Gasteiger partial charge in [0.05, 0.1) is 5.69 Å². The smallest absolute Gasteiger partial charge is 0.240 e. The van der Waals surface area contributed by atoms with Crippen molar-refractivity contribution in [3.8, 4) is 0 Å². The molecule has 5 nitrogen and oxygen atoms in total. The Morgan fingerprint density at radius 3 is 2.70 bits per heavy atom. The molecule has 1 aromatic rings. The lowest BCUT2D eigenvalue weighted by Gasteiger charge is -2.29. The van der Waals surface area contributed by atoms with E-state index in [0.717, 1.165) is 18.5 Å². The van der Waals surface area contributed by atoms with E-state index in [0.29, 0.717) is 11.3 Å². The molecular formula is C13H21N3O2S2. The fourth-order valence-corrected chi connectivity index (χ4v) is 4.10.